The van der Waals surface area contributed by atoms with E-state index in [2.05, 4.69) is 9.60 Å². The standard InChI is InChI=1S/C7H16N2O5S/c1-6(8-4)7(2,3)9(5-10)14-15(11,12)13/h5-6,8H,1-4H3,(H,11,12,13). The van der Waals surface area contributed by atoms with Gasteiger partial charge in [-0.3, -0.25) is 9.35 Å². The minimum atomic E-state index is -4.69. The molecule has 0 fully saturated rings. The Morgan fingerprint density at radius 3 is 2.27 bits per heavy atom. The highest BCUT2D eigenvalue weighted by molar-refractivity contribution is 7.80. The number of hydrogen-bond acceptors (Lipinski definition) is 5. The molecule has 0 radical (unpaired) electrons. The lowest BCUT2D eigenvalue weighted by atomic mass is 9.96. The normalized spacial score (nSPS) is 14.7. The van der Waals surface area contributed by atoms with E-state index >= 15 is 0 Å². The smallest absolute Gasteiger partial charge is 0.315 e. The van der Waals surface area contributed by atoms with E-state index in [1.165, 1.54) is 0 Å². The van der Waals surface area contributed by atoms with E-state index in [1.54, 1.807) is 27.8 Å². The van der Waals surface area contributed by atoms with E-state index < -0.39 is 15.9 Å². The van der Waals surface area contributed by atoms with Crippen LogP contribution >= 0.6 is 0 Å². The first-order valence-electron chi connectivity index (χ1n) is 4.24. The summed E-state index contributed by atoms with van der Waals surface area (Å²) in [6.07, 6.45) is 0.196. The van der Waals surface area contributed by atoms with Crippen molar-refractivity contribution < 1.29 is 22.0 Å². The Morgan fingerprint density at radius 2 is 2.00 bits per heavy atom. The molecule has 90 valence electrons. The molecule has 0 aromatic heterocycles. The van der Waals surface area contributed by atoms with Gasteiger partial charge in [-0.2, -0.15) is 13.5 Å². The molecule has 0 aliphatic carbocycles. The summed E-state index contributed by atoms with van der Waals surface area (Å²) in [5.74, 6) is 0. The predicted octanol–water partition coefficient (Wildman–Crippen LogP) is -0.434. The maximum Gasteiger partial charge on any atom is 0.418 e. The molecule has 15 heavy (non-hydrogen) atoms. The maximum atomic E-state index is 10.6. The number of amides is 1. The molecule has 0 aliphatic rings. The van der Waals surface area contributed by atoms with E-state index in [0.717, 1.165) is 0 Å². The number of rotatable bonds is 6. The molecule has 0 rings (SSSR count). The second-order valence-electron chi connectivity index (χ2n) is 3.60. The highest BCUT2D eigenvalue weighted by atomic mass is 32.3. The molecule has 0 bridgehead atoms. The van der Waals surface area contributed by atoms with Crippen LogP contribution in [0.5, 0.6) is 0 Å². The summed E-state index contributed by atoms with van der Waals surface area (Å²) in [4.78, 5) is 10.6. The second kappa shape index (κ2) is 4.88. The first-order valence-corrected chi connectivity index (χ1v) is 5.60. The minimum absolute atomic E-state index is 0.196. The molecule has 8 heteroatoms. The van der Waals surface area contributed by atoms with Crippen molar-refractivity contribution in [3.05, 3.63) is 0 Å². The Bertz CT molecular complexity index is 313. The molecule has 0 aromatic carbocycles. The number of likely N-dealkylation sites (N-methyl/N-ethyl adjacent to an activating group) is 1. The van der Waals surface area contributed by atoms with Crippen LogP contribution < -0.4 is 5.32 Å². The van der Waals surface area contributed by atoms with Crippen LogP contribution in [0.15, 0.2) is 0 Å². The number of carbonyl (C=O) groups excluding carboxylic acids is 1. The predicted molar refractivity (Wildman–Crippen MR) is 53.1 cm³/mol. The highest BCUT2D eigenvalue weighted by Gasteiger charge is 2.35. The largest absolute Gasteiger partial charge is 0.418 e. The van der Waals surface area contributed by atoms with Crippen LogP contribution in [-0.2, 0) is 19.5 Å². The molecule has 0 saturated heterocycles. The lowest BCUT2D eigenvalue weighted by Crippen LogP contribution is -2.55. The van der Waals surface area contributed by atoms with Crippen LogP contribution in [0.3, 0.4) is 0 Å². The summed E-state index contributed by atoms with van der Waals surface area (Å²) in [5.41, 5.74) is -0.924. The van der Waals surface area contributed by atoms with Crippen molar-refractivity contribution in [3.63, 3.8) is 0 Å². The van der Waals surface area contributed by atoms with Gasteiger partial charge in [0.25, 0.3) is 0 Å². The Morgan fingerprint density at radius 1 is 1.53 bits per heavy atom. The SMILES string of the molecule is CNC(C)C(C)(C)N(C=O)OS(=O)(=O)O. The molecule has 0 spiro atoms. The minimum Gasteiger partial charge on any atom is -0.315 e. The molecule has 1 amide bonds. The summed E-state index contributed by atoms with van der Waals surface area (Å²) in [7, 11) is -3.04. The van der Waals surface area contributed by atoms with Gasteiger partial charge in [-0.1, -0.05) is 0 Å². The van der Waals surface area contributed by atoms with E-state index in [1.807, 2.05) is 0 Å². The van der Waals surface area contributed by atoms with Crippen molar-refractivity contribution in [2.24, 2.45) is 0 Å². The third kappa shape index (κ3) is 4.12. The fourth-order valence-corrected chi connectivity index (χ4v) is 1.33. The van der Waals surface area contributed by atoms with Gasteiger partial charge in [0.1, 0.15) is 0 Å². The maximum absolute atomic E-state index is 10.6. The second-order valence-corrected chi connectivity index (χ2v) is 4.60. The van der Waals surface area contributed by atoms with Gasteiger partial charge in [0.05, 0.1) is 5.54 Å². The van der Waals surface area contributed by atoms with Gasteiger partial charge in [0.15, 0.2) is 0 Å². The molecule has 0 aromatic rings. The van der Waals surface area contributed by atoms with E-state index in [9.17, 15) is 13.2 Å². The zero-order chi connectivity index (χ0) is 12.3. The molecule has 0 saturated carbocycles. The van der Waals surface area contributed by atoms with Gasteiger partial charge in [0, 0.05) is 6.04 Å². The van der Waals surface area contributed by atoms with Crippen molar-refractivity contribution in [1.82, 2.24) is 10.4 Å². The average Bonchev–Trinajstić information content (AvgIpc) is 2.10. The van der Waals surface area contributed by atoms with Crippen LogP contribution in [0.1, 0.15) is 20.8 Å². The van der Waals surface area contributed by atoms with Crippen molar-refractivity contribution in [2.75, 3.05) is 7.05 Å². The van der Waals surface area contributed by atoms with Gasteiger partial charge >= 0.3 is 10.4 Å². The summed E-state index contributed by atoms with van der Waals surface area (Å²) in [6, 6.07) is -0.232. The fourth-order valence-electron chi connectivity index (χ4n) is 0.895. The summed E-state index contributed by atoms with van der Waals surface area (Å²) in [6.45, 7) is 4.92. The van der Waals surface area contributed by atoms with Gasteiger partial charge in [0.2, 0.25) is 6.41 Å². The van der Waals surface area contributed by atoms with Crippen molar-refractivity contribution >= 4 is 16.8 Å². The first-order chi connectivity index (χ1) is 6.65. The fraction of sp³-hybridized carbons (Fsp3) is 0.857. The van der Waals surface area contributed by atoms with Crippen LogP contribution in [0.2, 0.25) is 0 Å². The van der Waals surface area contributed by atoms with Crippen LogP contribution in [0, 0.1) is 0 Å². The summed E-state index contributed by atoms with van der Waals surface area (Å²) < 4.78 is 33.5. The molecule has 2 N–H and O–H groups in total. The molecular weight excluding hydrogens is 224 g/mol. The van der Waals surface area contributed by atoms with E-state index in [0.29, 0.717) is 5.06 Å². The molecule has 1 atom stereocenters. The number of hydroxylamine groups is 2. The van der Waals surface area contributed by atoms with Crippen molar-refractivity contribution in [1.29, 1.82) is 0 Å². The zero-order valence-corrected chi connectivity index (χ0v) is 9.91. The van der Waals surface area contributed by atoms with Gasteiger partial charge in [-0.25, -0.2) is 0 Å². The van der Waals surface area contributed by atoms with Crippen LogP contribution in [0.25, 0.3) is 0 Å². The number of carbonyl (C=O) groups is 1. The quantitative estimate of drug-likeness (QED) is 0.371. The van der Waals surface area contributed by atoms with E-state index in [4.69, 9.17) is 4.55 Å². The Balaban J connectivity index is 4.88. The monoisotopic (exact) mass is 240 g/mol. The number of nitrogens with one attached hydrogen (secondary N) is 1. The van der Waals surface area contributed by atoms with E-state index in [-0.39, 0.29) is 12.5 Å². The number of nitrogens with zero attached hydrogens (tertiary/aromatic N) is 1. The van der Waals surface area contributed by atoms with Gasteiger partial charge in [-0.05, 0) is 27.8 Å². The molecule has 1 unspecified atom stereocenters. The number of hydrogen-bond donors (Lipinski definition) is 2. The van der Waals surface area contributed by atoms with Gasteiger partial charge in [-0.15, -0.1) is 4.28 Å². The topological polar surface area (TPSA) is 95.9 Å². The average molecular weight is 240 g/mol. The van der Waals surface area contributed by atoms with Gasteiger partial charge < -0.3 is 5.32 Å². The summed E-state index contributed by atoms with van der Waals surface area (Å²) in [5, 5.41) is 3.39. The van der Waals surface area contributed by atoms with Crippen LogP contribution in [0.4, 0.5) is 0 Å². The van der Waals surface area contributed by atoms with Crippen molar-refractivity contribution in [3.8, 4) is 0 Å². The Hall–Kier alpha value is -0.700. The third-order valence-electron chi connectivity index (χ3n) is 2.33. The lowest BCUT2D eigenvalue weighted by molar-refractivity contribution is -0.166. The first kappa shape index (κ1) is 14.3. The Labute approximate surface area is 89.3 Å². The molecular formula is C7H16N2O5S. The molecule has 0 aliphatic heterocycles. The Kier molecular flexibility index (Phi) is 4.65. The lowest BCUT2D eigenvalue weighted by Gasteiger charge is -2.37. The zero-order valence-electron chi connectivity index (χ0n) is 9.09. The van der Waals surface area contributed by atoms with Crippen LogP contribution in [-0.4, -0.2) is 43.1 Å². The van der Waals surface area contributed by atoms with Crippen molar-refractivity contribution in [2.45, 2.75) is 32.4 Å². The third-order valence-corrected chi connectivity index (χ3v) is 2.68. The highest BCUT2D eigenvalue weighted by Crippen LogP contribution is 2.18. The molecule has 0 heterocycles. The summed E-state index contributed by atoms with van der Waals surface area (Å²) >= 11 is 0. The molecule has 7 nitrogen and oxygen atoms in total.